The molecule has 0 saturated heterocycles. The van der Waals surface area contributed by atoms with E-state index in [1.54, 1.807) is 24.5 Å². The van der Waals surface area contributed by atoms with Crippen LogP contribution < -0.4 is 5.32 Å². The quantitative estimate of drug-likeness (QED) is 0.807. The first-order valence-corrected chi connectivity index (χ1v) is 7.50. The van der Waals surface area contributed by atoms with E-state index in [4.69, 9.17) is 0 Å². The summed E-state index contributed by atoms with van der Waals surface area (Å²) in [5, 5.41) is 2.98. The van der Waals surface area contributed by atoms with Crippen molar-refractivity contribution >= 4 is 16.9 Å². The second-order valence-corrected chi connectivity index (χ2v) is 5.58. The average Bonchev–Trinajstić information content (AvgIpc) is 2.56. The smallest absolute Gasteiger partial charge is 0.251 e. The summed E-state index contributed by atoms with van der Waals surface area (Å²) in [6.07, 6.45) is 3.47. The number of aryl methyl sites for hydroxylation is 2. The van der Waals surface area contributed by atoms with E-state index in [0.29, 0.717) is 5.56 Å². The van der Waals surface area contributed by atoms with Gasteiger partial charge in [0, 0.05) is 18.0 Å². The van der Waals surface area contributed by atoms with Gasteiger partial charge in [-0.25, -0.2) is 9.97 Å². The zero-order valence-electron chi connectivity index (χ0n) is 13.4. The molecule has 1 amide bonds. The van der Waals surface area contributed by atoms with Crippen molar-refractivity contribution in [1.82, 2.24) is 20.3 Å². The normalized spacial score (nSPS) is 12.1. The highest BCUT2D eigenvalue weighted by molar-refractivity contribution is 5.97. The van der Waals surface area contributed by atoms with Crippen LogP contribution in [0.3, 0.4) is 0 Å². The molecular weight excluding hydrogens is 288 g/mol. The van der Waals surface area contributed by atoms with Crippen LogP contribution in [0.5, 0.6) is 0 Å². The van der Waals surface area contributed by atoms with E-state index < -0.39 is 0 Å². The maximum atomic E-state index is 12.4. The first kappa shape index (κ1) is 15.1. The lowest BCUT2D eigenvalue weighted by molar-refractivity contribution is 0.0940. The summed E-state index contributed by atoms with van der Waals surface area (Å²) in [5.74, 6) is -0.136. The molecule has 23 heavy (non-hydrogen) atoms. The maximum Gasteiger partial charge on any atom is 0.251 e. The molecule has 1 aromatic carbocycles. The summed E-state index contributed by atoms with van der Waals surface area (Å²) in [6, 6.07) is 9.07. The summed E-state index contributed by atoms with van der Waals surface area (Å²) < 4.78 is 0. The Morgan fingerprint density at radius 3 is 2.52 bits per heavy atom. The number of amides is 1. The van der Waals surface area contributed by atoms with Crippen LogP contribution in [-0.2, 0) is 0 Å². The Kier molecular flexibility index (Phi) is 4.02. The summed E-state index contributed by atoms with van der Waals surface area (Å²) in [7, 11) is 0. The largest absolute Gasteiger partial charge is 0.345 e. The zero-order valence-corrected chi connectivity index (χ0v) is 13.4. The molecule has 0 saturated carbocycles. The van der Waals surface area contributed by atoms with Gasteiger partial charge in [-0.05, 0) is 50.6 Å². The number of nitrogens with zero attached hydrogens (tertiary/aromatic N) is 3. The minimum absolute atomic E-state index is 0.113. The van der Waals surface area contributed by atoms with E-state index in [9.17, 15) is 4.79 Å². The van der Waals surface area contributed by atoms with Gasteiger partial charge in [-0.3, -0.25) is 9.78 Å². The minimum atomic E-state index is -0.136. The van der Waals surface area contributed by atoms with Gasteiger partial charge < -0.3 is 5.32 Å². The highest BCUT2D eigenvalue weighted by Gasteiger charge is 2.13. The Morgan fingerprint density at radius 1 is 1.09 bits per heavy atom. The lowest BCUT2D eigenvalue weighted by atomic mass is 10.1. The maximum absolute atomic E-state index is 12.4. The van der Waals surface area contributed by atoms with Gasteiger partial charge >= 0.3 is 0 Å². The van der Waals surface area contributed by atoms with E-state index in [0.717, 1.165) is 28.0 Å². The van der Waals surface area contributed by atoms with Crippen LogP contribution in [0.25, 0.3) is 11.0 Å². The van der Waals surface area contributed by atoms with E-state index in [2.05, 4.69) is 20.3 Å². The van der Waals surface area contributed by atoms with E-state index >= 15 is 0 Å². The van der Waals surface area contributed by atoms with Crippen molar-refractivity contribution in [2.45, 2.75) is 26.8 Å². The van der Waals surface area contributed by atoms with Crippen molar-refractivity contribution in [1.29, 1.82) is 0 Å². The molecule has 0 bridgehead atoms. The predicted molar refractivity (Wildman–Crippen MR) is 89.1 cm³/mol. The number of hydrogen-bond acceptors (Lipinski definition) is 4. The van der Waals surface area contributed by atoms with E-state index in [1.165, 1.54) is 0 Å². The summed E-state index contributed by atoms with van der Waals surface area (Å²) in [6.45, 7) is 5.78. The molecule has 1 N–H and O–H groups in total. The van der Waals surface area contributed by atoms with Gasteiger partial charge in [0.2, 0.25) is 0 Å². The van der Waals surface area contributed by atoms with Crippen LogP contribution >= 0.6 is 0 Å². The van der Waals surface area contributed by atoms with Gasteiger partial charge in [-0.15, -0.1) is 0 Å². The third kappa shape index (κ3) is 3.18. The molecule has 0 spiro atoms. The van der Waals surface area contributed by atoms with Gasteiger partial charge in [0.25, 0.3) is 5.91 Å². The first-order valence-electron chi connectivity index (χ1n) is 7.50. The van der Waals surface area contributed by atoms with Crippen molar-refractivity contribution in [3.05, 3.63) is 65.2 Å². The Morgan fingerprint density at radius 2 is 1.83 bits per heavy atom. The molecule has 2 aromatic heterocycles. The SMILES string of the molecule is Cc1nc2ccc(C(=O)NC(C)c3cccnc3)cc2nc1C. The number of carbonyl (C=O) groups is 1. The van der Waals surface area contributed by atoms with E-state index in [1.807, 2.05) is 39.0 Å². The Hall–Kier alpha value is -2.82. The topological polar surface area (TPSA) is 67.8 Å². The van der Waals surface area contributed by atoms with Gasteiger partial charge in [-0.1, -0.05) is 6.07 Å². The molecule has 116 valence electrons. The fraction of sp³-hybridized carbons (Fsp3) is 0.222. The Labute approximate surface area is 134 Å². The standard InChI is InChI=1S/C18H18N4O/c1-11-12(2)21-17-9-14(6-7-16(17)20-11)18(23)22-13(3)15-5-4-8-19-10-15/h4-10,13H,1-3H3,(H,22,23). The lowest BCUT2D eigenvalue weighted by Gasteiger charge is -2.14. The van der Waals surface area contributed by atoms with Crippen molar-refractivity contribution in [2.75, 3.05) is 0 Å². The third-order valence-electron chi connectivity index (χ3n) is 3.87. The highest BCUT2D eigenvalue weighted by atomic mass is 16.1. The average molecular weight is 306 g/mol. The molecular formula is C18H18N4O. The van der Waals surface area contributed by atoms with Crippen LogP contribution in [0.2, 0.25) is 0 Å². The number of aromatic nitrogens is 3. The lowest BCUT2D eigenvalue weighted by Crippen LogP contribution is -2.26. The summed E-state index contributed by atoms with van der Waals surface area (Å²) in [5.41, 5.74) is 4.84. The molecule has 1 unspecified atom stereocenters. The molecule has 3 aromatic rings. The van der Waals surface area contributed by atoms with Gasteiger partial charge in [0.1, 0.15) is 0 Å². The fourth-order valence-corrected chi connectivity index (χ4v) is 2.37. The molecule has 1 atom stereocenters. The Bertz CT molecular complexity index is 862. The van der Waals surface area contributed by atoms with Crippen LogP contribution in [0.1, 0.15) is 40.3 Å². The molecule has 0 aliphatic heterocycles. The summed E-state index contributed by atoms with van der Waals surface area (Å²) >= 11 is 0. The number of benzene rings is 1. The number of hydrogen-bond donors (Lipinski definition) is 1. The summed E-state index contributed by atoms with van der Waals surface area (Å²) in [4.78, 5) is 25.5. The zero-order chi connectivity index (χ0) is 16.4. The molecule has 0 aliphatic carbocycles. The molecule has 0 fully saturated rings. The van der Waals surface area contributed by atoms with Crippen molar-refractivity contribution in [3.8, 4) is 0 Å². The van der Waals surface area contributed by atoms with Crippen molar-refractivity contribution in [2.24, 2.45) is 0 Å². The van der Waals surface area contributed by atoms with Gasteiger partial charge in [0.05, 0.1) is 28.5 Å². The minimum Gasteiger partial charge on any atom is -0.345 e. The van der Waals surface area contributed by atoms with Crippen molar-refractivity contribution < 1.29 is 4.79 Å². The number of pyridine rings is 1. The van der Waals surface area contributed by atoms with E-state index in [-0.39, 0.29) is 11.9 Å². The monoisotopic (exact) mass is 306 g/mol. The molecule has 0 aliphatic rings. The number of fused-ring (bicyclic) bond motifs is 1. The second kappa shape index (κ2) is 6.12. The number of rotatable bonds is 3. The molecule has 5 nitrogen and oxygen atoms in total. The van der Waals surface area contributed by atoms with Gasteiger partial charge in [0.15, 0.2) is 0 Å². The molecule has 0 radical (unpaired) electrons. The van der Waals surface area contributed by atoms with Gasteiger partial charge in [-0.2, -0.15) is 0 Å². The Balaban J connectivity index is 1.85. The third-order valence-corrected chi connectivity index (χ3v) is 3.87. The number of nitrogens with one attached hydrogen (secondary N) is 1. The molecule has 5 heteroatoms. The van der Waals surface area contributed by atoms with Crippen LogP contribution in [0, 0.1) is 13.8 Å². The number of carbonyl (C=O) groups excluding carboxylic acids is 1. The molecule has 2 heterocycles. The van der Waals surface area contributed by atoms with Crippen LogP contribution in [0.4, 0.5) is 0 Å². The van der Waals surface area contributed by atoms with Crippen LogP contribution in [-0.4, -0.2) is 20.9 Å². The fourth-order valence-electron chi connectivity index (χ4n) is 2.37. The second-order valence-electron chi connectivity index (χ2n) is 5.58. The van der Waals surface area contributed by atoms with Crippen LogP contribution in [0.15, 0.2) is 42.7 Å². The predicted octanol–water partition coefficient (Wildman–Crippen LogP) is 3.13. The van der Waals surface area contributed by atoms with Crippen molar-refractivity contribution in [3.63, 3.8) is 0 Å². The first-order chi connectivity index (χ1) is 11.0. The molecule has 3 rings (SSSR count). The highest BCUT2D eigenvalue weighted by Crippen LogP contribution is 2.16.